The smallest absolute Gasteiger partial charge is 0.201 e. The minimum atomic E-state index is -0.729. The Bertz CT molecular complexity index is 776. The summed E-state index contributed by atoms with van der Waals surface area (Å²) < 4.78 is 13.1. The Balaban J connectivity index is 2.40. The highest BCUT2D eigenvalue weighted by Gasteiger charge is 2.38. The van der Waals surface area contributed by atoms with Crippen molar-refractivity contribution >= 4 is 10.9 Å². The number of para-hydroxylation sites is 1. The van der Waals surface area contributed by atoms with Crippen LogP contribution in [0.3, 0.4) is 0 Å². The van der Waals surface area contributed by atoms with Gasteiger partial charge in [0.25, 0.3) is 0 Å². The van der Waals surface area contributed by atoms with Crippen molar-refractivity contribution in [3.05, 3.63) is 34.0 Å². The summed E-state index contributed by atoms with van der Waals surface area (Å²) in [6.45, 7) is 3.63. The first-order chi connectivity index (χ1) is 9.86. The SMILES string of the molecule is COc1cccc2c(=O)c3c(n(C)c12)OC(C)(C)[C@@H](O)C3. The predicted octanol–water partition coefficient (Wildman–Crippen LogP) is 1.62. The van der Waals surface area contributed by atoms with Crippen LogP contribution in [-0.2, 0) is 13.5 Å². The van der Waals surface area contributed by atoms with Gasteiger partial charge >= 0.3 is 0 Å². The molecule has 0 amide bonds. The maximum atomic E-state index is 12.7. The summed E-state index contributed by atoms with van der Waals surface area (Å²) in [5.74, 6) is 1.13. The first-order valence-corrected chi connectivity index (χ1v) is 6.92. The fourth-order valence-electron chi connectivity index (χ4n) is 2.85. The summed E-state index contributed by atoms with van der Waals surface area (Å²) in [6.07, 6.45) is -0.414. The number of benzene rings is 1. The quantitative estimate of drug-likeness (QED) is 0.866. The van der Waals surface area contributed by atoms with Crippen molar-refractivity contribution in [1.29, 1.82) is 0 Å². The van der Waals surface area contributed by atoms with Gasteiger partial charge in [-0.15, -0.1) is 0 Å². The molecule has 0 aliphatic carbocycles. The Morgan fingerprint density at radius 2 is 2.14 bits per heavy atom. The zero-order valence-corrected chi connectivity index (χ0v) is 12.6. The first kappa shape index (κ1) is 13.9. The molecule has 0 saturated carbocycles. The number of fused-ring (bicyclic) bond motifs is 2. The Morgan fingerprint density at radius 1 is 1.43 bits per heavy atom. The molecular formula is C16H19NO4. The molecule has 5 heteroatoms. The third-order valence-electron chi connectivity index (χ3n) is 4.20. The van der Waals surface area contributed by atoms with Crippen LogP contribution in [-0.4, -0.2) is 28.5 Å². The van der Waals surface area contributed by atoms with Gasteiger partial charge < -0.3 is 19.1 Å². The van der Waals surface area contributed by atoms with Gasteiger partial charge in [0, 0.05) is 18.9 Å². The number of hydrogen-bond acceptors (Lipinski definition) is 4. The minimum absolute atomic E-state index is 0.105. The standard InChI is InChI=1S/C16H19NO4/c1-16(2)12(18)8-10-14(19)9-6-5-7-11(20-4)13(9)17(3)15(10)21-16/h5-7,12,18H,8H2,1-4H3/t12-/m0/s1. The summed E-state index contributed by atoms with van der Waals surface area (Å²) in [5.41, 5.74) is 0.389. The molecule has 5 nitrogen and oxygen atoms in total. The second-order valence-electron chi connectivity index (χ2n) is 5.95. The van der Waals surface area contributed by atoms with E-state index in [1.165, 1.54) is 0 Å². The third kappa shape index (κ3) is 1.92. The lowest BCUT2D eigenvalue weighted by atomic mass is 9.91. The van der Waals surface area contributed by atoms with E-state index in [1.54, 1.807) is 19.2 Å². The fraction of sp³-hybridized carbons (Fsp3) is 0.438. The highest BCUT2D eigenvalue weighted by Crippen LogP contribution is 2.35. The summed E-state index contributed by atoms with van der Waals surface area (Å²) >= 11 is 0. The summed E-state index contributed by atoms with van der Waals surface area (Å²) in [6, 6.07) is 5.38. The number of aryl methyl sites for hydroxylation is 1. The summed E-state index contributed by atoms with van der Waals surface area (Å²) in [7, 11) is 3.42. The molecule has 0 bridgehead atoms. The van der Waals surface area contributed by atoms with Crippen LogP contribution in [0.4, 0.5) is 0 Å². The maximum Gasteiger partial charge on any atom is 0.201 e. The lowest BCUT2D eigenvalue weighted by Gasteiger charge is -2.37. The number of ether oxygens (including phenoxy) is 2. The van der Waals surface area contributed by atoms with E-state index in [1.807, 2.05) is 31.5 Å². The molecule has 1 N–H and O–H groups in total. The van der Waals surface area contributed by atoms with Gasteiger partial charge in [-0.2, -0.15) is 0 Å². The Labute approximate surface area is 122 Å². The Hall–Kier alpha value is -2.01. The van der Waals surface area contributed by atoms with Gasteiger partial charge in [0.05, 0.1) is 24.3 Å². The largest absolute Gasteiger partial charge is 0.495 e. The number of rotatable bonds is 1. The van der Waals surface area contributed by atoms with E-state index >= 15 is 0 Å². The summed E-state index contributed by atoms with van der Waals surface area (Å²) in [4.78, 5) is 12.7. The van der Waals surface area contributed by atoms with E-state index in [4.69, 9.17) is 9.47 Å². The number of methoxy groups -OCH3 is 1. The molecule has 2 heterocycles. The molecule has 0 spiro atoms. The Morgan fingerprint density at radius 3 is 2.81 bits per heavy atom. The highest BCUT2D eigenvalue weighted by molar-refractivity contribution is 5.86. The molecule has 112 valence electrons. The van der Waals surface area contributed by atoms with Crippen molar-refractivity contribution in [3.8, 4) is 11.6 Å². The fourth-order valence-corrected chi connectivity index (χ4v) is 2.85. The molecular weight excluding hydrogens is 270 g/mol. The maximum absolute atomic E-state index is 12.7. The molecule has 1 aliphatic heterocycles. The van der Waals surface area contributed by atoms with Crippen LogP contribution in [0.1, 0.15) is 19.4 Å². The molecule has 2 aromatic rings. The molecule has 1 aliphatic rings. The number of hydrogen-bond donors (Lipinski definition) is 1. The van der Waals surface area contributed by atoms with Gasteiger partial charge in [-0.25, -0.2) is 0 Å². The van der Waals surface area contributed by atoms with Crippen molar-refractivity contribution < 1.29 is 14.6 Å². The predicted molar refractivity (Wildman–Crippen MR) is 80.2 cm³/mol. The number of nitrogens with zero attached hydrogens (tertiary/aromatic N) is 1. The zero-order valence-electron chi connectivity index (χ0n) is 12.6. The number of aliphatic hydroxyl groups is 1. The summed E-state index contributed by atoms with van der Waals surface area (Å²) in [5, 5.41) is 10.7. The van der Waals surface area contributed by atoms with Crippen LogP contribution in [0, 0.1) is 0 Å². The number of aromatic nitrogens is 1. The van der Waals surface area contributed by atoms with Gasteiger partial charge in [-0.3, -0.25) is 4.79 Å². The van der Waals surface area contributed by atoms with Crippen molar-refractivity contribution in [2.45, 2.75) is 32.0 Å². The molecule has 21 heavy (non-hydrogen) atoms. The monoisotopic (exact) mass is 289 g/mol. The average molecular weight is 289 g/mol. The molecule has 0 radical (unpaired) electrons. The molecule has 0 saturated heterocycles. The third-order valence-corrected chi connectivity index (χ3v) is 4.20. The van der Waals surface area contributed by atoms with Gasteiger partial charge in [-0.05, 0) is 26.0 Å². The van der Waals surface area contributed by atoms with Gasteiger partial charge in [-0.1, -0.05) is 6.07 Å². The zero-order chi connectivity index (χ0) is 15.4. The molecule has 1 aromatic heterocycles. The lowest BCUT2D eigenvalue weighted by Crippen LogP contribution is -2.48. The van der Waals surface area contributed by atoms with Crippen molar-refractivity contribution in [3.63, 3.8) is 0 Å². The van der Waals surface area contributed by atoms with Crippen molar-refractivity contribution in [2.75, 3.05) is 7.11 Å². The minimum Gasteiger partial charge on any atom is -0.495 e. The molecule has 3 rings (SSSR count). The van der Waals surface area contributed by atoms with Gasteiger partial charge in [0.15, 0.2) is 5.43 Å². The second kappa shape index (κ2) is 4.49. The van der Waals surface area contributed by atoms with Gasteiger partial charge in [0.2, 0.25) is 5.88 Å². The topological polar surface area (TPSA) is 60.7 Å². The molecule has 1 atom stereocenters. The Kier molecular flexibility index (Phi) is 2.99. The van der Waals surface area contributed by atoms with Crippen molar-refractivity contribution in [1.82, 2.24) is 4.57 Å². The molecule has 0 unspecified atom stereocenters. The van der Waals surface area contributed by atoms with E-state index < -0.39 is 11.7 Å². The van der Waals surface area contributed by atoms with Crippen molar-refractivity contribution in [2.24, 2.45) is 7.05 Å². The van der Waals surface area contributed by atoms with Crippen LogP contribution in [0.2, 0.25) is 0 Å². The van der Waals surface area contributed by atoms with Crippen LogP contribution >= 0.6 is 0 Å². The van der Waals surface area contributed by atoms with E-state index in [-0.39, 0.29) is 5.43 Å². The van der Waals surface area contributed by atoms with E-state index in [2.05, 4.69) is 0 Å². The van der Waals surface area contributed by atoms with Crippen LogP contribution < -0.4 is 14.9 Å². The van der Waals surface area contributed by atoms with Crippen LogP contribution in [0.5, 0.6) is 11.6 Å². The first-order valence-electron chi connectivity index (χ1n) is 6.92. The normalized spacial score (nSPS) is 20.0. The molecule has 0 fully saturated rings. The second-order valence-corrected chi connectivity index (χ2v) is 5.95. The highest BCUT2D eigenvalue weighted by atomic mass is 16.5. The van der Waals surface area contributed by atoms with Gasteiger partial charge in [0.1, 0.15) is 11.4 Å². The van der Waals surface area contributed by atoms with E-state index in [9.17, 15) is 9.90 Å². The number of pyridine rings is 1. The molecule has 1 aromatic carbocycles. The lowest BCUT2D eigenvalue weighted by molar-refractivity contribution is -0.0465. The van der Waals surface area contributed by atoms with Crippen LogP contribution in [0.15, 0.2) is 23.0 Å². The average Bonchev–Trinajstić information content (AvgIpc) is 2.46. The van der Waals surface area contributed by atoms with Crippen LogP contribution in [0.25, 0.3) is 10.9 Å². The van der Waals surface area contributed by atoms with E-state index in [0.29, 0.717) is 34.5 Å². The van der Waals surface area contributed by atoms with E-state index in [0.717, 1.165) is 0 Å². The number of aliphatic hydroxyl groups excluding tert-OH is 1.